The van der Waals surface area contributed by atoms with Crippen molar-refractivity contribution in [1.82, 2.24) is 9.71 Å². The summed E-state index contributed by atoms with van der Waals surface area (Å²) in [6.07, 6.45) is 4.71. The molecular formula is C15H17BrN2O2S. The fraction of sp³-hybridized carbons (Fsp3) is 0.400. The fourth-order valence-corrected chi connectivity index (χ4v) is 5.28. The minimum absolute atomic E-state index is 0.0151. The summed E-state index contributed by atoms with van der Waals surface area (Å²) >= 11 is 3.48. The number of hydrogen-bond acceptors (Lipinski definition) is 3. The Morgan fingerprint density at radius 1 is 1.24 bits per heavy atom. The number of hydrogen-bond donors (Lipinski definition) is 1. The first-order chi connectivity index (χ1) is 10.1. The van der Waals surface area contributed by atoms with E-state index in [9.17, 15) is 8.42 Å². The zero-order valence-electron chi connectivity index (χ0n) is 11.5. The number of nitrogens with one attached hydrogen (secondary N) is 1. The van der Waals surface area contributed by atoms with Crippen molar-refractivity contribution in [3.8, 4) is 0 Å². The first-order valence-electron chi connectivity index (χ1n) is 7.04. The molecule has 2 atom stereocenters. The molecule has 0 aliphatic heterocycles. The highest BCUT2D eigenvalue weighted by Crippen LogP contribution is 2.29. The van der Waals surface area contributed by atoms with Crippen LogP contribution in [-0.2, 0) is 10.0 Å². The van der Waals surface area contributed by atoms with Crippen molar-refractivity contribution in [2.45, 2.75) is 30.2 Å². The summed E-state index contributed by atoms with van der Waals surface area (Å²) in [5.74, 6) is 0.368. The van der Waals surface area contributed by atoms with Crippen molar-refractivity contribution in [3.05, 3.63) is 36.5 Å². The second kappa shape index (κ2) is 6.02. The van der Waals surface area contributed by atoms with Gasteiger partial charge in [0.05, 0.1) is 10.4 Å². The van der Waals surface area contributed by atoms with Crippen LogP contribution in [0.5, 0.6) is 0 Å². The van der Waals surface area contributed by atoms with E-state index in [4.69, 9.17) is 0 Å². The normalized spacial score (nSPS) is 22.7. The van der Waals surface area contributed by atoms with Crippen molar-refractivity contribution in [2.75, 3.05) is 5.33 Å². The molecule has 1 fully saturated rings. The molecule has 2 aromatic rings. The number of alkyl halides is 1. The Kier molecular flexibility index (Phi) is 4.28. The molecule has 1 aromatic carbocycles. The van der Waals surface area contributed by atoms with Crippen LogP contribution < -0.4 is 4.72 Å². The standard InChI is InChI=1S/C15H17BrN2O2S/c16-10-11-4-1-6-13(11)18-21(19,20)15-8-2-7-14-12(15)5-3-9-17-14/h2-3,5,7-9,11,13,18H,1,4,6,10H2. The number of aromatic nitrogens is 1. The molecule has 0 bridgehead atoms. The number of rotatable bonds is 4. The van der Waals surface area contributed by atoms with Gasteiger partial charge in [-0.3, -0.25) is 4.98 Å². The fourth-order valence-electron chi connectivity index (χ4n) is 2.95. The molecule has 1 N–H and O–H groups in total. The van der Waals surface area contributed by atoms with Gasteiger partial charge < -0.3 is 0 Å². The molecule has 112 valence electrons. The lowest BCUT2D eigenvalue weighted by atomic mass is 10.1. The average Bonchev–Trinajstić information content (AvgIpc) is 2.93. The van der Waals surface area contributed by atoms with Gasteiger partial charge >= 0.3 is 0 Å². The SMILES string of the molecule is O=S(=O)(NC1CCCC1CBr)c1cccc2ncccc12. The lowest BCUT2D eigenvalue weighted by molar-refractivity contribution is 0.484. The molecule has 1 heterocycles. The highest BCUT2D eigenvalue weighted by Gasteiger charge is 2.31. The zero-order chi connectivity index (χ0) is 14.9. The highest BCUT2D eigenvalue weighted by molar-refractivity contribution is 9.09. The summed E-state index contributed by atoms with van der Waals surface area (Å²) in [4.78, 5) is 4.53. The smallest absolute Gasteiger partial charge is 0.241 e. The van der Waals surface area contributed by atoms with Crippen molar-refractivity contribution in [1.29, 1.82) is 0 Å². The van der Waals surface area contributed by atoms with Gasteiger partial charge in [0.15, 0.2) is 0 Å². The molecule has 1 aliphatic rings. The van der Waals surface area contributed by atoms with E-state index in [1.54, 1.807) is 30.5 Å². The van der Waals surface area contributed by atoms with Crippen LogP contribution in [0.15, 0.2) is 41.4 Å². The van der Waals surface area contributed by atoms with Gasteiger partial charge in [-0.1, -0.05) is 28.4 Å². The predicted octanol–water partition coefficient (Wildman–Crippen LogP) is 3.08. The van der Waals surface area contributed by atoms with E-state index in [1.807, 2.05) is 6.07 Å². The first kappa shape index (κ1) is 14.9. The predicted molar refractivity (Wildman–Crippen MR) is 87.0 cm³/mol. The van der Waals surface area contributed by atoms with Gasteiger partial charge in [0.25, 0.3) is 0 Å². The Morgan fingerprint density at radius 3 is 2.90 bits per heavy atom. The van der Waals surface area contributed by atoms with Crippen molar-refractivity contribution >= 4 is 36.9 Å². The van der Waals surface area contributed by atoms with E-state index in [1.165, 1.54) is 0 Å². The van der Waals surface area contributed by atoms with Gasteiger partial charge in [0.1, 0.15) is 0 Å². The molecule has 1 aliphatic carbocycles. The Balaban J connectivity index is 1.97. The van der Waals surface area contributed by atoms with E-state index >= 15 is 0 Å². The topological polar surface area (TPSA) is 59.1 Å². The Labute approximate surface area is 133 Å². The van der Waals surface area contributed by atoms with Gasteiger partial charge in [0, 0.05) is 23.0 Å². The third-order valence-corrected chi connectivity index (χ3v) is 6.44. The Morgan fingerprint density at radius 2 is 2.10 bits per heavy atom. The summed E-state index contributed by atoms with van der Waals surface area (Å²) in [6, 6.07) is 8.78. The van der Waals surface area contributed by atoms with Gasteiger partial charge in [-0.15, -0.1) is 0 Å². The summed E-state index contributed by atoms with van der Waals surface area (Å²) in [6.45, 7) is 0. The van der Waals surface area contributed by atoms with Gasteiger partial charge in [-0.05, 0) is 43.0 Å². The molecule has 3 rings (SSSR count). The molecule has 1 saturated carbocycles. The maximum Gasteiger partial charge on any atom is 0.241 e. The minimum Gasteiger partial charge on any atom is -0.256 e. The second-order valence-corrected chi connectivity index (χ2v) is 7.73. The second-order valence-electron chi connectivity index (χ2n) is 5.40. The van der Waals surface area contributed by atoms with Crippen LogP contribution in [0.1, 0.15) is 19.3 Å². The lowest BCUT2D eigenvalue weighted by Crippen LogP contribution is -2.37. The molecule has 2 unspecified atom stereocenters. The van der Waals surface area contributed by atoms with Crippen LogP contribution in [0, 0.1) is 5.92 Å². The summed E-state index contributed by atoms with van der Waals surface area (Å²) in [5, 5.41) is 1.50. The number of sulfonamides is 1. The van der Waals surface area contributed by atoms with E-state index in [-0.39, 0.29) is 6.04 Å². The molecule has 1 aromatic heterocycles. The number of halogens is 1. The third-order valence-electron chi connectivity index (χ3n) is 4.06. The van der Waals surface area contributed by atoms with Crippen molar-refractivity contribution in [3.63, 3.8) is 0 Å². The van der Waals surface area contributed by atoms with Crippen LogP contribution >= 0.6 is 15.9 Å². The van der Waals surface area contributed by atoms with Crippen LogP contribution in [0.25, 0.3) is 10.9 Å². The number of benzene rings is 1. The molecule has 0 saturated heterocycles. The van der Waals surface area contributed by atoms with E-state index in [2.05, 4.69) is 25.6 Å². The molecule has 0 spiro atoms. The van der Waals surface area contributed by atoms with E-state index in [0.29, 0.717) is 21.7 Å². The lowest BCUT2D eigenvalue weighted by Gasteiger charge is -2.19. The van der Waals surface area contributed by atoms with Crippen LogP contribution in [0.4, 0.5) is 0 Å². The molecule has 0 amide bonds. The zero-order valence-corrected chi connectivity index (χ0v) is 13.9. The quantitative estimate of drug-likeness (QED) is 0.843. The van der Waals surface area contributed by atoms with Gasteiger partial charge in [0.2, 0.25) is 10.0 Å². The Hall–Kier alpha value is -0.980. The molecular weight excluding hydrogens is 352 g/mol. The Bertz CT molecular complexity index is 743. The number of fused-ring (bicyclic) bond motifs is 1. The summed E-state index contributed by atoms with van der Waals surface area (Å²) < 4.78 is 28.3. The first-order valence-corrected chi connectivity index (χ1v) is 9.64. The molecule has 6 heteroatoms. The van der Waals surface area contributed by atoms with Crippen LogP contribution in [0.2, 0.25) is 0 Å². The maximum atomic E-state index is 12.7. The minimum atomic E-state index is -3.52. The summed E-state index contributed by atoms with van der Waals surface area (Å²) in [5.41, 5.74) is 0.698. The van der Waals surface area contributed by atoms with Gasteiger partial charge in [-0.25, -0.2) is 13.1 Å². The largest absolute Gasteiger partial charge is 0.256 e. The maximum absolute atomic E-state index is 12.7. The highest BCUT2D eigenvalue weighted by atomic mass is 79.9. The molecule has 0 radical (unpaired) electrons. The number of pyridine rings is 1. The van der Waals surface area contributed by atoms with Crippen LogP contribution in [0.3, 0.4) is 0 Å². The van der Waals surface area contributed by atoms with E-state index < -0.39 is 10.0 Å². The van der Waals surface area contributed by atoms with Crippen molar-refractivity contribution < 1.29 is 8.42 Å². The van der Waals surface area contributed by atoms with Gasteiger partial charge in [-0.2, -0.15) is 0 Å². The summed E-state index contributed by atoms with van der Waals surface area (Å²) in [7, 11) is -3.52. The number of nitrogens with zero attached hydrogens (tertiary/aromatic N) is 1. The average molecular weight is 369 g/mol. The third kappa shape index (κ3) is 2.98. The molecule has 21 heavy (non-hydrogen) atoms. The molecule has 4 nitrogen and oxygen atoms in total. The van der Waals surface area contributed by atoms with Crippen LogP contribution in [-0.4, -0.2) is 24.8 Å². The van der Waals surface area contributed by atoms with Crippen molar-refractivity contribution in [2.24, 2.45) is 5.92 Å². The monoisotopic (exact) mass is 368 g/mol. The van der Waals surface area contributed by atoms with E-state index in [0.717, 1.165) is 24.6 Å².